The minimum absolute atomic E-state index is 0.144. The molecule has 1 saturated heterocycles. The third-order valence-electron chi connectivity index (χ3n) is 3.39. The van der Waals surface area contributed by atoms with Crippen molar-refractivity contribution in [3.63, 3.8) is 0 Å². The Morgan fingerprint density at radius 3 is 3.05 bits per heavy atom. The molecule has 4 heteroatoms. The van der Waals surface area contributed by atoms with E-state index < -0.39 is 5.79 Å². The highest BCUT2D eigenvalue weighted by atomic mass is 16.7. The highest BCUT2D eigenvalue weighted by molar-refractivity contribution is 5.79. The molecule has 1 fully saturated rings. The van der Waals surface area contributed by atoms with Crippen LogP contribution >= 0.6 is 0 Å². The van der Waals surface area contributed by atoms with Crippen LogP contribution in [0.5, 0.6) is 0 Å². The van der Waals surface area contributed by atoms with Crippen molar-refractivity contribution in [3.05, 3.63) is 36.0 Å². The molecule has 0 radical (unpaired) electrons. The molecule has 1 atom stereocenters. The topological polar surface area (TPSA) is 46.3 Å². The van der Waals surface area contributed by atoms with Crippen LogP contribution in [0.25, 0.3) is 10.9 Å². The van der Waals surface area contributed by atoms with Crippen molar-refractivity contribution in [1.82, 2.24) is 10.3 Å². The third-order valence-corrected chi connectivity index (χ3v) is 3.39. The fourth-order valence-corrected chi connectivity index (χ4v) is 2.45. The normalized spacial score (nSPS) is 22.1. The SMILES string of the molecule is CC1(C)OCC(CNCc2ccc3[nH]ccc3c2)O1. The average molecular weight is 260 g/mol. The lowest BCUT2D eigenvalue weighted by atomic mass is 10.1. The van der Waals surface area contributed by atoms with E-state index in [-0.39, 0.29) is 6.10 Å². The van der Waals surface area contributed by atoms with Gasteiger partial charge in [-0.25, -0.2) is 0 Å². The minimum Gasteiger partial charge on any atom is -0.361 e. The van der Waals surface area contributed by atoms with Crippen molar-refractivity contribution >= 4 is 10.9 Å². The lowest BCUT2D eigenvalue weighted by molar-refractivity contribution is -0.137. The molecule has 1 aromatic carbocycles. The van der Waals surface area contributed by atoms with Crippen molar-refractivity contribution in [2.45, 2.75) is 32.3 Å². The molecule has 102 valence electrons. The van der Waals surface area contributed by atoms with E-state index in [0.717, 1.165) is 13.1 Å². The first kappa shape index (κ1) is 12.7. The molecule has 4 nitrogen and oxygen atoms in total. The lowest BCUT2D eigenvalue weighted by Gasteiger charge is -2.17. The molecule has 1 aliphatic rings. The van der Waals surface area contributed by atoms with E-state index in [9.17, 15) is 0 Å². The number of benzene rings is 1. The van der Waals surface area contributed by atoms with E-state index in [1.807, 2.05) is 20.0 Å². The van der Waals surface area contributed by atoms with Crippen LogP contribution in [0.1, 0.15) is 19.4 Å². The zero-order valence-electron chi connectivity index (χ0n) is 11.4. The Morgan fingerprint density at radius 1 is 1.37 bits per heavy atom. The molecule has 0 amide bonds. The van der Waals surface area contributed by atoms with Gasteiger partial charge in [0.2, 0.25) is 0 Å². The molecular weight excluding hydrogens is 240 g/mol. The van der Waals surface area contributed by atoms with Crippen molar-refractivity contribution in [3.8, 4) is 0 Å². The Morgan fingerprint density at radius 2 is 2.26 bits per heavy atom. The van der Waals surface area contributed by atoms with E-state index in [0.29, 0.717) is 6.61 Å². The van der Waals surface area contributed by atoms with Gasteiger partial charge in [-0.05, 0) is 43.0 Å². The molecule has 2 heterocycles. The minimum atomic E-state index is -0.434. The Kier molecular flexibility index (Phi) is 3.31. The van der Waals surface area contributed by atoms with Gasteiger partial charge < -0.3 is 19.8 Å². The molecule has 1 aromatic heterocycles. The number of hydrogen-bond acceptors (Lipinski definition) is 3. The molecule has 0 aliphatic carbocycles. The molecule has 0 saturated carbocycles. The summed E-state index contributed by atoms with van der Waals surface area (Å²) < 4.78 is 11.3. The van der Waals surface area contributed by atoms with Crippen LogP contribution in [0, 0.1) is 0 Å². The van der Waals surface area contributed by atoms with Crippen molar-refractivity contribution < 1.29 is 9.47 Å². The van der Waals surface area contributed by atoms with Gasteiger partial charge in [0.1, 0.15) is 0 Å². The van der Waals surface area contributed by atoms with Crippen LogP contribution in [-0.2, 0) is 16.0 Å². The summed E-state index contributed by atoms with van der Waals surface area (Å²) in [7, 11) is 0. The number of aromatic amines is 1. The summed E-state index contributed by atoms with van der Waals surface area (Å²) in [5.41, 5.74) is 2.46. The van der Waals surface area contributed by atoms with Gasteiger partial charge in [-0.15, -0.1) is 0 Å². The zero-order valence-corrected chi connectivity index (χ0v) is 11.4. The van der Waals surface area contributed by atoms with Crippen LogP contribution in [0.2, 0.25) is 0 Å². The highest BCUT2D eigenvalue weighted by Gasteiger charge is 2.32. The summed E-state index contributed by atoms with van der Waals surface area (Å²) in [4.78, 5) is 3.20. The van der Waals surface area contributed by atoms with E-state index in [1.165, 1.54) is 16.5 Å². The molecule has 2 N–H and O–H groups in total. The quantitative estimate of drug-likeness (QED) is 0.887. The van der Waals surface area contributed by atoms with Gasteiger partial charge in [0, 0.05) is 24.8 Å². The maximum Gasteiger partial charge on any atom is 0.163 e. The zero-order chi connectivity index (χ0) is 13.3. The number of aromatic nitrogens is 1. The first-order chi connectivity index (χ1) is 9.12. The smallest absolute Gasteiger partial charge is 0.163 e. The van der Waals surface area contributed by atoms with Crippen LogP contribution in [-0.4, -0.2) is 30.0 Å². The number of fused-ring (bicyclic) bond motifs is 1. The van der Waals surface area contributed by atoms with Gasteiger partial charge in [0.15, 0.2) is 5.79 Å². The maximum atomic E-state index is 5.75. The summed E-state index contributed by atoms with van der Waals surface area (Å²) in [6.45, 7) is 6.23. The fraction of sp³-hybridized carbons (Fsp3) is 0.467. The van der Waals surface area contributed by atoms with E-state index in [2.05, 4.69) is 34.6 Å². The first-order valence-electron chi connectivity index (χ1n) is 6.71. The summed E-state index contributed by atoms with van der Waals surface area (Å²) >= 11 is 0. The Hall–Kier alpha value is -1.36. The van der Waals surface area contributed by atoms with Crippen LogP contribution in [0.15, 0.2) is 30.5 Å². The summed E-state index contributed by atoms with van der Waals surface area (Å²) in [5, 5.41) is 4.67. The van der Waals surface area contributed by atoms with Crippen molar-refractivity contribution in [2.75, 3.05) is 13.2 Å². The number of nitrogens with one attached hydrogen (secondary N) is 2. The van der Waals surface area contributed by atoms with Crippen molar-refractivity contribution in [1.29, 1.82) is 0 Å². The summed E-state index contributed by atoms with van der Waals surface area (Å²) in [6, 6.07) is 8.55. The molecule has 0 bridgehead atoms. The van der Waals surface area contributed by atoms with Crippen LogP contribution in [0.3, 0.4) is 0 Å². The Balaban J connectivity index is 1.52. The second-order valence-corrected chi connectivity index (χ2v) is 5.48. The van der Waals surface area contributed by atoms with Crippen LogP contribution < -0.4 is 5.32 Å². The fourth-order valence-electron chi connectivity index (χ4n) is 2.45. The van der Waals surface area contributed by atoms with Gasteiger partial charge in [-0.1, -0.05) is 6.07 Å². The second-order valence-electron chi connectivity index (χ2n) is 5.48. The largest absolute Gasteiger partial charge is 0.361 e. The standard InChI is InChI=1S/C15H20N2O2/c1-15(2)18-10-13(19-15)9-16-8-11-3-4-14-12(7-11)5-6-17-14/h3-7,13,16-17H,8-10H2,1-2H3. The molecule has 3 rings (SSSR count). The third kappa shape index (κ3) is 2.97. The number of ether oxygens (including phenoxy) is 2. The summed E-state index contributed by atoms with van der Waals surface area (Å²) in [6.07, 6.45) is 2.11. The van der Waals surface area contributed by atoms with Crippen molar-refractivity contribution in [2.24, 2.45) is 0 Å². The van der Waals surface area contributed by atoms with Gasteiger partial charge in [0.25, 0.3) is 0 Å². The lowest BCUT2D eigenvalue weighted by Crippen LogP contribution is -2.30. The van der Waals surface area contributed by atoms with Gasteiger partial charge in [-0.3, -0.25) is 0 Å². The highest BCUT2D eigenvalue weighted by Crippen LogP contribution is 2.21. The van der Waals surface area contributed by atoms with Gasteiger partial charge in [-0.2, -0.15) is 0 Å². The predicted octanol–water partition coefficient (Wildman–Crippen LogP) is 2.41. The maximum absolute atomic E-state index is 5.75. The van der Waals surface area contributed by atoms with E-state index in [1.54, 1.807) is 0 Å². The first-order valence-corrected chi connectivity index (χ1v) is 6.71. The Labute approximate surface area is 113 Å². The number of hydrogen-bond donors (Lipinski definition) is 2. The monoisotopic (exact) mass is 260 g/mol. The summed E-state index contributed by atoms with van der Waals surface area (Å²) in [5.74, 6) is -0.434. The predicted molar refractivity (Wildman–Crippen MR) is 74.9 cm³/mol. The van der Waals surface area contributed by atoms with E-state index in [4.69, 9.17) is 9.47 Å². The molecular formula is C15H20N2O2. The second kappa shape index (κ2) is 4.96. The van der Waals surface area contributed by atoms with Gasteiger partial charge in [0.05, 0.1) is 12.7 Å². The molecule has 1 unspecified atom stereocenters. The molecule has 2 aromatic rings. The van der Waals surface area contributed by atoms with E-state index >= 15 is 0 Å². The average Bonchev–Trinajstić information content (AvgIpc) is 2.95. The van der Waals surface area contributed by atoms with Gasteiger partial charge >= 0.3 is 0 Å². The molecule has 1 aliphatic heterocycles. The van der Waals surface area contributed by atoms with Crippen LogP contribution in [0.4, 0.5) is 0 Å². The molecule has 19 heavy (non-hydrogen) atoms. The number of rotatable bonds is 4. The Bertz CT molecular complexity index is 562. The number of H-pyrrole nitrogens is 1. The molecule has 0 spiro atoms.